The van der Waals surface area contributed by atoms with E-state index in [1.807, 2.05) is 85.8 Å². The molecule has 0 saturated carbocycles. The molecule has 2 atom stereocenters. The maximum absolute atomic E-state index is 6.52. The van der Waals surface area contributed by atoms with Crippen molar-refractivity contribution in [2.75, 3.05) is 4.90 Å². The van der Waals surface area contributed by atoms with Gasteiger partial charge in [0.1, 0.15) is 29.1 Å². The third-order valence-corrected chi connectivity index (χ3v) is 7.81. The lowest BCUT2D eigenvalue weighted by Crippen LogP contribution is -2.29. The molecule has 0 aliphatic carbocycles. The lowest BCUT2D eigenvalue weighted by Gasteiger charge is -2.26. The molecule has 1 aliphatic rings. The van der Waals surface area contributed by atoms with E-state index in [0.717, 1.165) is 50.0 Å². The molecule has 39 heavy (non-hydrogen) atoms. The zero-order valence-electron chi connectivity index (χ0n) is 21.5. The highest BCUT2D eigenvalue weighted by atomic mass is 79.9. The monoisotopic (exact) mass is 595 g/mol. The number of nitrogens with one attached hydrogen (secondary N) is 1. The van der Waals surface area contributed by atoms with Crippen LogP contribution in [0.3, 0.4) is 0 Å². The first-order valence-corrected chi connectivity index (χ1v) is 13.9. The smallest absolute Gasteiger partial charge is 0.174 e. The molecule has 5 aromatic rings. The summed E-state index contributed by atoms with van der Waals surface area (Å²) in [6.07, 6.45) is 1.80. The lowest BCUT2D eigenvalue weighted by atomic mass is 10.0. The molecule has 5 nitrogen and oxygen atoms in total. The number of para-hydroxylation sites is 1. The molecule has 7 heteroatoms. The molecule has 1 fully saturated rings. The van der Waals surface area contributed by atoms with Gasteiger partial charge in [-0.3, -0.25) is 4.98 Å². The number of ether oxygens (including phenoxy) is 1. The summed E-state index contributed by atoms with van der Waals surface area (Å²) in [6, 6.07) is 31.7. The van der Waals surface area contributed by atoms with E-state index in [1.54, 1.807) is 6.20 Å². The van der Waals surface area contributed by atoms with Gasteiger partial charge in [-0.05, 0) is 104 Å². The van der Waals surface area contributed by atoms with Crippen molar-refractivity contribution in [1.29, 1.82) is 0 Å². The number of hydrogen-bond acceptors (Lipinski definition) is 4. The molecular formula is C32H26BrN3O2S. The zero-order valence-corrected chi connectivity index (χ0v) is 23.9. The number of thiocarbonyl (C=S) groups is 1. The van der Waals surface area contributed by atoms with E-state index >= 15 is 0 Å². The van der Waals surface area contributed by atoms with Crippen LogP contribution in [0.2, 0.25) is 0 Å². The molecule has 0 spiro atoms. The van der Waals surface area contributed by atoms with Gasteiger partial charge in [0.25, 0.3) is 0 Å². The number of nitrogens with zero attached hydrogens (tertiary/aromatic N) is 2. The Morgan fingerprint density at radius 2 is 1.72 bits per heavy atom. The average molecular weight is 597 g/mol. The molecule has 0 bridgehead atoms. The van der Waals surface area contributed by atoms with Crippen LogP contribution in [0.25, 0.3) is 11.3 Å². The number of rotatable bonds is 6. The summed E-state index contributed by atoms with van der Waals surface area (Å²) in [5.74, 6) is 3.17. The highest BCUT2D eigenvalue weighted by molar-refractivity contribution is 9.10. The number of aryl methyl sites for hydroxylation is 2. The first-order chi connectivity index (χ1) is 19.0. The molecule has 0 radical (unpaired) electrons. The molecule has 6 rings (SSSR count). The van der Waals surface area contributed by atoms with E-state index in [1.165, 1.54) is 5.56 Å². The summed E-state index contributed by atoms with van der Waals surface area (Å²) in [7, 11) is 0. The number of halogens is 1. The van der Waals surface area contributed by atoms with Crippen molar-refractivity contribution in [2.45, 2.75) is 25.9 Å². The summed E-state index contributed by atoms with van der Waals surface area (Å²) in [5.41, 5.74) is 5.08. The molecule has 0 amide bonds. The Morgan fingerprint density at radius 1 is 0.923 bits per heavy atom. The SMILES string of the molecule is Cc1ccc(-c2ccc([C@H]3[C@@H](c4ccccn4)NC(=S)N3c3ccc(Oc4ccccc4C)cc3)o2)c(Br)c1. The van der Waals surface area contributed by atoms with E-state index in [9.17, 15) is 0 Å². The fourth-order valence-electron chi connectivity index (χ4n) is 4.87. The molecule has 3 heterocycles. The third-order valence-electron chi connectivity index (χ3n) is 6.84. The van der Waals surface area contributed by atoms with E-state index in [2.05, 4.69) is 56.3 Å². The summed E-state index contributed by atoms with van der Waals surface area (Å²) in [5, 5.41) is 4.10. The van der Waals surface area contributed by atoms with Crippen molar-refractivity contribution < 1.29 is 9.15 Å². The highest BCUT2D eigenvalue weighted by Crippen LogP contribution is 2.44. The van der Waals surface area contributed by atoms with Gasteiger partial charge in [0, 0.05) is 21.9 Å². The molecule has 0 unspecified atom stereocenters. The summed E-state index contributed by atoms with van der Waals surface area (Å²) in [6.45, 7) is 4.10. The minimum Gasteiger partial charge on any atom is -0.459 e. The van der Waals surface area contributed by atoms with Crippen LogP contribution in [0.1, 0.15) is 34.7 Å². The Kier molecular flexibility index (Phi) is 6.94. The Balaban J connectivity index is 1.36. The van der Waals surface area contributed by atoms with Crippen LogP contribution in [0.15, 0.2) is 112 Å². The molecule has 2 aromatic heterocycles. The summed E-state index contributed by atoms with van der Waals surface area (Å²) in [4.78, 5) is 6.74. The van der Waals surface area contributed by atoms with Gasteiger partial charge in [-0.2, -0.15) is 0 Å². The fraction of sp³-hybridized carbons (Fsp3) is 0.125. The van der Waals surface area contributed by atoms with Crippen molar-refractivity contribution in [3.63, 3.8) is 0 Å². The van der Waals surface area contributed by atoms with Crippen LogP contribution in [0.5, 0.6) is 11.5 Å². The molecule has 3 aromatic carbocycles. The zero-order chi connectivity index (χ0) is 26.9. The topological polar surface area (TPSA) is 50.5 Å². The van der Waals surface area contributed by atoms with Gasteiger partial charge >= 0.3 is 0 Å². The summed E-state index contributed by atoms with van der Waals surface area (Å²) >= 11 is 9.57. The van der Waals surface area contributed by atoms with Gasteiger partial charge in [-0.15, -0.1) is 0 Å². The van der Waals surface area contributed by atoms with Crippen LogP contribution < -0.4 is 15.0 Å². The first-order valence-electron chi connectivity index (χ1n) is 12.7. The van der Waals surface area contributed by atoms with Crippen molar-refractivity contribution in [3.8, 4) is 22.8 Å². The van der Waals surface area contributed by atoms with E-state index < -0.39 is 0 Å². The largest absolute Gasteiger partial charge is 0.459 e. The van der Waals surface area contributed by atoms with Gasteiger partial charge in [0.2, 0.25) is 0 Å². The molecule has 194 valence electrons. The lowest BCUT2D eigenvalue weighted by molar-refractivity contribution is 0.439. The van der Waals surface area contributed by atoms with Gasteiger partial charge in [-0.1, -0.05) is 46.3 Å². The second-order valence-corrected chi connectivity index (χ2v) is 10.8. The van der Waals surface area contributed by atoms with Crippen molar-refractivity contribution in [2.24, 2.45) is 0 Å². The quantitative estimate of drug-likeness (QED) is 0.198. The number of furan rings is 1. The fourth-order valence-corrected chi connectivity index (χ4v) is 5.91. The number of aromatic nitrogens is 1. The van der Waals surface area contributed by atoms with Crippen LogP contribution in [0, 0.1) is 13.8 Å². The van der Waals surface area contributed by atoms with Crippen LogP contribution >= 0.6 is 28.1 Å². The standard InChI is InChI=1S/C32H26BrN3O2S/c1-20-10-15-24(25(33)19-20)28-16-17-29(38-28)31-30(26-8-5-6-18-34-26)35-32(39)36(31)22-11-13-23(14-12-22)37-27-9-4-3-7-21(27)2/h3-19,30-31H,1-2H3,(H,35,39)/t30-,31+/m1/s1. The van der Waals surface area contributed by atoms with Gasteiger partial charge < -0.3 is 19.4 Å². The van der Waals surface area contributed by atoms with Crippen LogP contribution in [-0.2, 0) is 0 Å². The molecular weight excluding hydrogens is 570 g/mol. The van der Waals surface area contributed by atoms with E-state index in [4.69, 9.17) is 21.4 Å². The normalized spacial score (nSPS) is 16.8. The minimum atomic E-state index is -0.242. The molecule has 1 aliphatic heterocycles. The maximum Gasteiger partial charge on any atom is 0.174 e. The summed E-state index contributed by atoms with van der Waals surface area (Å²) < 4.78 is 13.6. The number of anilines is 1. The van der Waals surface area contributed by atoms with E-state index in [0.29, 0.717) is 5.11 Å². The highest BCUT2D eigenvalue weighted by Gasteiger charge is 2.42. The van der Waals surface area contributed by atoms with Crippen molar-refractivity contribution in [1.82, 2.24) is 10.3 Å². The third kappa shape index (κ3) is 5.07. The molecule has 1 N–H and O–H groups in total. The number of benzene rings is 3. The number of hydrogen-bond donors (Lipinski definition) is 1. The second-order valence-electron chi connectivity index (χ2n) is 9.54. The van der Waals surface area contributed by atoms with Crippen LogP contribution in [-0.4, -0.2) is 10.1 Å². The van der Waals surface area contributed by atoms with Gasteiger partial charge in [-0.25, -0.2) is 0 Å². The maximum atomic E-state index is 6.52. The van der Waals surface area contributed by atoms with Gasteiger partial charge in [0.15, 0.2) is 5.11 Å². The Labute approximate surface area is 241 Å². The van der Waals surface area contributed by atoms with Crippen LogP contribution in [0.4, 0.5) is 5.69 Å². The average Bonchev–Trinajstić information content (AvgIpc) is 3.55. The van der Waals surface area contributed by atoms with Gasteiger partial charge in [0.05, 0.1) is 11.7 Å². The Hall–Kier alpha value is -3.94. The Morgan fingerprint density at radius 3 is 2.46 bits per heavy atom. The Bertz CT molecular complexity index is 1640. The second kappa shape index (κ2) is 10.7. The van der Waals surface area contributed by atoms with E-state index in [-0.39, 0.29) is 12.1 Å². The minimum absolute atomic E-state index is 0.193. The van der Waals surface area contributed by atoms with Crippen molar-refractivity contribution in [3.05, 3.63) is 130 Å². The predicted octanol–water partition coefficient (Wildman–Crippen LogP) is 8.69. The van der Waals surface area contributed by atoms with Crippen molar-refractivity contribution >= 4 is 38.9 Å². The molecule has 1 saturated heterocycles. The predicted molar refractivity (Wildman–Crippen MR) is 162 cm³/mol. The number of pyridine rings is 1. The first kappa shape index (κ1) is 25.3.